The fourth-order valence-electron chi connectivity index (χ4n) is 0.768. The molecule has 0 bridgehead atoms. The topological polar surface area (TPSA) is 17.1 Å². The maximum absolute atomic E-state index is 12.3. The van der Waals surface area contributed by atoms with E-state index in [1.165, 1.54) is 12.1 Å². The molecule has 4 heteroatoms. The lowest BCUT2D eigenvalue weighted by molar-refractivity contribution is 0.0934. The standard InChI is InChI=1S/C8H5BrClFO/c9-6-3-1-2-5(4-6)7(12)8(10)11/h1-4,8H. The largest absolute Gasteiger partial charge is 0.289 e. The van der Waals surface area contributed by atoms with Gasteiger partial charge < -0.3 is 0 Å². The molecule has 0 saturated carbocycles. The highest BCUT2D eigenvalue weighted by atomic mass is 79.9. The van der Waals surface area contributed by atoms with Gasteiger partial charge in [-0.3, -0.25) is 4.79 Å². The number of Topliss-reactive ketones (excluding diaryl/α,β-unsaturated/α-hetero) is 1. The molecule has 0 fully saturated rings. The van der Waals surface area contributed by atoms with E-state index < -0.39 is 11.4 Å². The lowest BCUT2D eigenvalue weighted by atomic mass is 10.1. The van der Waals surface area contributed by atoms with Crippen molar-refractivity contribution >= 4 is 33.3 Å². The van der Waals surface area contributed by atoms with Crippen molar-refractivity contribution in [3.8, 4) is 0 Å². The van der Waals surface area contributed by atoms with Crippen LogP contribution in [0.2, 0.25) is 0 Å². The summed E-state index contributed by atoms with van der Waals surface area (Å²) in [7, 11) is 0. The predicted octanol–water partition coefficient (Wildman–Crippen LogP) is 3.17. The Hall–Kier alpha value is -0.410. The Balaban J connectivity index is 2.96. The molecule has 0 radical (unpaired) electrons. The second-order valence-electron chi connectivity index (χ2n) is 2.18. The average molecular weight is 251 g/mol. The summed E-state index contributed by atoms with van der Waals surface area (Å²) in [6.45, 7) is 0. The SMILES string of the molecule is O=C(c1cccc(Br)c1)C(F)Cl. The van der Waals surface area contributed by atoms with Crippen LogP contribution < -0.4 is 0 Å². The molecule has 1 nitrogen and oxygen atoms in total. The molecule has 1 atom stereocenters. The first-order valence-corrected chi connectivity index (χ1v) is 4.42. The fourth-order valence-corrected chi connectivity index (χ4v) is 1.29. The Morgan fingerprint density at radius 1 is 1.58 bits per heavy atom. The van der Waals surface area contributed by atoms with Crippen LogP contribution in [-0.4, -0.2) is 11.4 Å². The molecule has 0 saturated heterocycles. The average Bonchev–Trinajstić information content (AvgIpc) is 2.03. The molecule has 0 N–H and O–H groups in total. The van der Waals surface area contributed by atoms with Crippen LogP contribution in [0.4, 0.5) is 4.39 Å². The Kier molecular flexibility index (Phi) is 3.23. The molecule has 0 aromatic heterocycles. The smallest absolute Gasteiger partial charge is 0.235 e. The number of halogens is 3. The zero-order valence-electron chi connectivity index (χ0n) is 5.93. The van der Waals surface area contributed by atoms with Gasteiger partial charge in [-0.2, -0.15) is 0 Å². The summed E-state index contributed by atoms with van der Waals surface area (Å²) in [5.74, 6) is -0.710. The van der Waals surface area contributed by atoms with Gasteiger partial charge in [0.1, 0.15) is 0 Å². The van der Waals surface area contributed by atoms with Crippen LogP contribution in [0.1, 0.15) is 10.4 Å². The number of rotatable bonds is 2. The van der Waals surface area contributed by atoms with Crippen molar-refractivity contribution in [1.29, 1.82) is 0 Å². The number of ketones is 1. The molecule has 0 spiro atoms. The van der Waals surface area contributed by atoms with Crippen LogP contribution in [0.3, 0.4) is 0 Å². The predicted molar refractivity (Wildman–Crippen MR) is 49.2 cm³/mol. The lowest BCUT2D eigenvalue weighted by Crippen LogP contribution is -2.08. The molecule has 1 aromatic carbocycles. The summed E-state index contributed by atoms with van der Waals surface area (Å²) in [5.41, 5.74) is -1.69. The minimum absolute atomic E-state index is 0.270. The zero-order chi connectivity index (χ0) is 9.14. The first-order valence-electron chi connectivity index (χ1n) is 3.19. The minimum Gasteiger partial charge on any atom is -0.289 e. The van der Waals surface area contributed by atoms with Gasteiger partial charge in [0, 0.05) is 10.0 Å². The summed E-state index contributed by atoms with van der Waals surface area (Å²) in [6, 6.07) is 6.44. The highest BCUT2D eigenvalue weighted by Gasteiger charge is 2.15. The Morgan fingerprint density at radius 3 is 2.75 bits per heavy atom. The molecular formula is C8H5BrClFO. The van der Waals surface area contributed by atoms with Crippen LogP contribution in [0.25, 0.3) is 0 Å². The molecule has 0 aliphatic heterocycles. The summed E-state index contributed by atoms with van der Waals surface area (Å²) in [5, 5.41) is 0. The van der Waals surface area contributed by atoms with Crippen LogP contribution in [0.5, 0.6) is 0 Å². The quantitative estimate of drug-likeness (QED) is 0.583. The molecule has 1 aromatic rings. The van der Waals surface area contributed by atoms with E-state index in [2.05, 4.69) is 15.9 Å². The third-order valence-electron chi connectivity index (χ3n) is 1.31. The molecule has 12 heavy (non-hydrogen) atoms. The summed E-state index contributed by atoms with van der Waals surface area (Å²) < 4.78 is 13.0. The van der Waals surface area contributed by atoms with E-state index in [0.717, 1.165) is 4.47 Å². The van der Waals surface area contributed by atoms with Crippen molar-refractivity contribution in [1.82, 2.24) is 0 Å². The molecule has 64 valence electrons. The zero-order valence-corrected chi connectivity index (χ0v) is 8.27. The van der Waals surface area contributed by atoms with Crippen LogP contribution in [0, 0.1) is 0 Å². The highest BCUT2D eigenvalue weighted by molar-refractivity contribution is 9.10. The molecule has 0 aliphatic rings. The molecular weight excluding hydrogens is 246 g/mol. The van der Waals surface area contributed by atoms with Crippen LogP contribution in [-0.2, 0) is 0 Å². The highest BCUT2D eigenvalue weighted by Crippen LogP contribution is 2.15. The van der Waals surface area contributed by atoms with Gasteiger partial charge in [0.25, 0.3) is 0 Å². The van der Waals surface area contributed by atoms with E-state index in [0.29, 0.717) is 0 Å². The van der Waals surface area contributed by atoms with E-state index in [1.54, 1.807) is 12.1 Å². The van der Waals surface area contributed by atoms with Gasteiger partial charge in [0.15, 0.2) is 0 Å². The third kappa shape index (κ3) is 2.29. The molecule has 1 unspecified atom stereocenters. The Morgan fingerprint density at radius 2 is 2.25 bits per heavy atom. The van der Waals surface area contributed by atoms with Crippen molar-refractivity contribution in [3.05, 3.63) is 34.3 Å². The van der Waals surface area contributed by atoms with E-state index in [1.807, 2.05) is 0 Å². The van der Waals surface area contributed by atoms with E-state index in [-0.39, 0.29) is 5.56 Å². The second-order valence-corrected chi connectivity index (χ2v) is 3.47. The van der Waals surface area contributed by atoms with E-state index in [4.69, 9.17) is 11.6 Å². The van der Waals surface area contributed by atoms with Gasteiger partial charge in [-0.1, -0.05) is 39.7 Å². The van der Waals surface area contributed by atoms with Crippen molar-refractivity contribution in [2.45, 2.75) is 5.63 Å². The van der Waals surface area contributed by atoms with Crippen molar-refractivity contribution in [3.63, 3.8) is 0 Å². The molecule has 1 rings (SSSR count). The van der Waals surface area contributed by atoms with Gasteiger partial charge in [-0.25, -0.2) is 4.39 Å². The Bertz CT molecular complexity index is 301. The second kappa shape index (κ2) is 4.01. The number of alkyl halides is 2. The van der Waals surface area contributed by atoms with Crippen LogP contribution >= 0.6 is 27.5 Å². The number of carbonyl (C=O) groups excluding carboxylic acids is 1. The van der Waals surface area contributed by atoms with Crippen molar-refractivity contribution in [2.24, 2.45) is 0 Å². The minimum atomic E-state index is -1.96. The maximum Gasteiger partial charge on any atom is 0.235 e. The van der Waals surface area contributed by atoms with Crippen molar-refractivity contribution < 1.29 is 9.18 Å². The van der Waals surface area contributed by atoms with Gasteiger partial charge in [-0.15, -0.1) is 0 Å². The van der Waals surface area contributed by atoms with Gasteiger partial charge in [0.05, 0.1) is 0 Å². The van der Waals surface area contributed by atoms with Gasteiger partial charge >= 0.3 is 0 Å². The lowest BCUT2D eigenvalue weighted by Gasteiger charge is -1.99. The number of hydrogen-bond acceptors (Lipinski definition) is 1. The third-order valence-corrected chi connectivity index (χ3v) is 2.00. The number of hydrogen-bond donors (Lipinski definition) is 0. The summed E-state index contributed by atoms with van der Waals surface area (Å²) in [6.07, 6.45) is 0. The summed E-state index contributed by atoms with van der Waals surface area (Å²) in [4.78, 5) is 11.0. The molecule has 0 aliphatic carbocycles. The monoisotopic (exact) mass is 250 g/mol. The maximum atomic E-state index is 12.3. The first-order chi connectivity index (χ1) is 5.61. The fraction of sp³-hybridized carbons (Fsp3) is 0.125. The first kappa shape index (κ1) is 9.68. The van der Waals surface area contributed by atoms with Gasteiger partial charge in [0.2, 0.25) is 11.4 Å². The van der Waals surface area contributed by atoms with Gasteiger partial charge in [-0.05, 0) is 12.1 Å². The molecule has 0 amide bonds. The number of benzene rings is 1. The van der Waals surface area contributed by atoms with Crippen LogP contribution in [0.15, 0.2) is 28.7 Å². The Labute approximate surface area is 82.7 Å². The normalized spacial score (nSPS) is 12.6. The van der Waals surface area contributed by atoms with E-state index >= 15 is 0 Å². The molecule has 0 heterocycles. The number of carbonyl (C=O) groups is 1. The summed E-state index contributed by atoms with van der Waals surface area (Å²) >= 11 is 8.15. The van der Waals surface area contributed by atoms with E-state index in [9.17, 15) is 9.18 Å². The van der Waals surface area contributed by atoms with Crippen molar-refractivity contribution in [2.75, 3.05) is 0 Å².